The maximum Gasteiger partial charge on any atom is 0.239 e. The molecule has 3 N–H and O–H groups in total. The maximum atomic E-state index is 11.7. The summed E-state index contributed by atoms with van der Waals surface area (Å²) >= 11 is 5.99. The molecule has 1 atom stereocenters. The zero-order valence-electron chi connectivity index (χ0n) is 13.1. The van der Waals surface area contributed by atoms with Crippen molar-refractivity contribution in [1.82, 2.24) is 10.6 Å². The number of halogens is 1. The van der Waals surface area contributed by atoms with Crippen molar-refractivity contribution in [2.24, 2.45) is 5.92 Å². The van der Waals surface area contributed by atoms with Crippen molar-refractivity contribution >= 4 is 23.4 Å². The number of rotatable bonds is 7. The summed E-state index contributed by atoms with van der Waals surface area (Å²) in [6, 6.07) is 6.94. The largest absolute Gasteiger partial charge is 0.387 e. The lowest BCUT2D eigenvalue weighted by Crippen LogP contribution is -2.38. The van der Waals surface area contributed by atoms with Gasteiger partial charge in [0.2, 0.25) is 11.8 Å². The van der Waals surface area contributed by atoms with Gasteiger partial charge < -0.3 is 15.7 Å². The van der Waals surface area contributed by atoms with Crippen molar-refractivity contribution in [2.45, 2.75) is 38.2 Å². The summed E-state index contributed by atoms with van der Waals surface area (Å²) in [7, 11) is 0. The molecule has 2 rings (SSSR count). The lowest BCUT2D eigenvalue weighted by atomic mass is 10.0. The molecule has 0 bridgehead atoms. The van der Waals surface area contributed by atoms with Crippen molar-refractivity contribution in [2.75, 3.05) is 13.1 Å². The molecule has 0 heterocycles. The molecule has 0 aromatic heterocycles. The van der Waals surface area contributed by atoms with Crippen LogP contribution in [0.4, 0.5) is 0 Å². The highest BCUT2D eigenvalue weighted by Gasteiger charge is 2.19. The Hall–Kier alpha value is -1.59. The van der Waals surface area contributed by atoms with Crippen molar-refractivity contribution in [3.05, 3.63) is 34.9 Å². The fourth-order valence-corrected chi connectivity index (χ4v) is 3.12. The van der Waals surface area contributed by atoms with Gasteiger partial charge in [0.05, 0.1) is 12.6 Å². The van der Waals surface area contributed by atoms with Crippen LogP contribution in [0, 0.1) is 5.92 Å². The summed E-state index contributed by atoms with van der Waals surface area (Å²) < 4.78 is 0. The Bertz CT molecular complexity index is 544. The van der Waals surface area contributed by atoms with E-state index in [-0.39, 0.29) is 24.9 Å². The van der Waals surface area contributed by atoms with Crippen LogP contribution in [0.3, 0.4) is 0 Å². The van der Waals surface area contributed by atoms with E-state index in [0.29, 0.717) is 22.9 Å². The van der Waals surface area contributed by atoms with Crippen LogP contribution in [-0.2, 0) is 9.59 Å². The Morgan fingerprint density at radius 2 is 1.87 bits per heavy atom. The van der Waals surface area contributed by atoms with Gasteiger partial charge in [0.1, 0.15) is 0 Å². The molecule has 1 aromatic rings. The van der Waals surface area contributed by atoms with E-state index in [1.165, 1.54) is 12.8 Å². The quantitative estimate of drug-likeness (QED) is 0.713. The van der Waals surface area contributed by atoms with Crippen LogP contribution in [0.25, 0.3) is 0 Å². The van der Waals surface area contributed by atoms with Gasteiger partial charge in [-0.1, -0.05) is 42.6 Å². The molecule has 0 spiro atoms. The Balaban J connectivity index is 1.66. The van der Waals surface area contributed by atoms with Crippen LogP contribution < -0.4 is 10.6 Å². The Morgan fingerprint density at radius 1 is 1.17 bits per heavy atom. The standard InChI is InChI=1S/C17H23ClN2O3/c18-14-8-4-3-7-13(14)15(21)10-19-17(23)11-20-16(22)9-12-5-1-2-6-12/h3-4,7-8,12,15,21H,1-2,5-6,9-11H2,(H,19,23)(H,20,22). The number of aliphatic hydroxyl groups excluding tert-OH is 1. The highest BCUT2D eigenvalue weighted by Crippen LogP contribution is 2.27. The van der Waals surface area contributed by atoms with E-state index >= 15 is 0 Å². The Morgan fingerprint density at radius 3 is 2.57 bits per heavy atom. The van der Waals surface area contributed by atoms with Gasteiger partial charge in [0.25, 0.3) is 0 Å². The Kier molecular flexibility index (Phi) is 6.86. The molecule has 1 aliphatic rings. The molecule has 5 nitrogen and oxygen atoms in total. The molecule has 1 saturated carbocycles. The smallest absolute Gasteiger partial charge is 0.239 e. The molecular formula is C17H23ClN2O3. The number of carbonyl (C=O) groups excluding carboxylic acids is 2. The van der Waals surface area contributed by atoms with E-state index in [4.69, 9.17) is 11.6 Å². The lowest BCUT2D eigenvalue weighted by molar-refractivity contribution is -0.126. The predicted molar refractivity (Wildman–Crippen MR) is 89.0 cm³/mol. The number of carbonyl (C=O) groups is 2. The minimum absolute atomic E-state index is 0.0566. The van der Waals surface area contributed by atoms with Crippen LogP contribution in [0.2, 0.25) is 5.02 Å². The molecule has 2 amide bonds. The number of aliphatic hydroxyl groups is 1. The van der Waals surface area contributed by atoms with Gasteiger partial charge in [-0.2, -0.15) is 0 Å². The minimum Gasteiger partial charge on any atom is -0.387 e. The zero-order chi connectivity index (χ0) is 16.7. The predicted octanol–water partition coefficient (Wildman–Crippen LogP) is 2.19. The van der Waals surface area contributed by atoms with E-state index in [2.05, 4.69) is 10.6 Å². The van der Waals surface area contributed by atoms with E-state index < -0.39 is 6.10 Å². The first-order valence-corrected chi connectivity index (χ1v) is 8.40. The van der Waals surface area contributed by atoms with Crippen LogP contribution in [0.1, 0.15) is 43.8 Å². The zero-order valence-corrected chi connectivity index (χ0v) is 13.8. The topological polar surface area (TPSA) is 78.4 Å². The summed E-state index contributed by atoms with van der Waals surface area (Å²) in [5.41, 5.74) is 0.569. The first-order chi connectivity index (χ1) is 11.1. The van der Waals surface area contributed by atoms with Gasteiger partial charge in [-0.3, -0.25) is 9.59 Å². The highest BCUT2D eigenvalue weighted by atomic mass is 35.5. The molecule has 0 aliphatic heterocycles. The number of hydrogen-bond donors (Lipinski definition) is 3. The first-order valence-electron chi connectivity index (χ1n) is 8.02. The van der Waals surface area contributed by atoms with Crippen molar-refractivity contribution in [3.63, 3.8) is 0 Å². The summed E-state index contributed by atoms with van der Waals surface area (Å²) in [4.78, 5) is 23.5. The molecule has 6 heteroatoms. The van der Waals surface area contributed by atoms with Gasteiger partial charge in [-0.25, -0.2) is 0 Å². The number of nitrogens with one attached hydrogen (secondary N) is 2. The molecule has 126 valence electrons. The third-order valence-electron chi connectivity index (χ3n) is 4.15. The van der Waals surface area contributed by atoms with E-state index in [9.17, 15) is 14.7 Å². The molecule has 0 saturated heterocycles. The molecule has 0 radical (unpaired) electrons. The second-order valence-corrected chi connectivity index (χ2v) is 6.38. The second-order valence-electron chi connectivity index (χ2n) is 5.97. The van der Waals surface area contributed by atoms with Crippen molar-refractivity contribution in [1.29, 1.82) is 0 Å². The molecule has 1 aromatic carbocycles. The summed E-state index contributed by atoms with van der Waals surface area (Å²) in [5, 5.41) is 15.7. The van der Waals surface area contributed by atoms with Crippen molar-refractivity contribution < 1.29 is 14.7 Å². The lowest BCUT2D eigenvalue weighted by Gasteiger charge is -2.14. The first kappa shape index (κ1) is 17.8. The van der Waals surface area contributed by atoms with Crippen LogP contribution >= 0.6 is 11.6 Å². The van der Waals surface area contributed by atoms with Gasteiger partial charge >= 0.3 is 0 Å². The number of hydrogen-bond acceptors (Lipinski definition) is 3. The van der Waals surface area contributed by atoms with Gasteiger partial charge in [-0.15, -0.1) is 0 Å². The number of amides is 2. The van der Waals surface area contributed by atoms with E-state index in [1.807, 2.05) is 0 Å². The fraction of sp³-hybridized carbons (Fsp3) is 0.529. The van der Waals surface area contributed by atoms with Crippen LogP contribution in [-0.4, -0.2) is 30.0 Å². The van der Waals surface area contributed by atoms with Gasteiger partial charge in [0, 0.05) is 23.6 Å². The average Bonchev–Trinajstić information content (AvgIpc) is 3.04. The second kappa shape index (κ2) is 8.89. The van der Waals surface area contributed by atoms with Crippen LogP contribution in [0.5, 0.6) is 0 Å². The molecular weight excluding hydrogens is 316 g/mol. The average molecular weight is 339 g/mol. The molecule has 23 heavy (non-hydrogen) atoms. The number of benzene rings is 1. The van der Waals surface area contributed by atoms with E-state index in [0.717, 1.165) is 12.8 Å². The maximum absolute atomic E-state index is 11.7. The van der Waals surface area contributed by atoms with E-state index in [1.54, 1.807) is 24.3 Å². The van der Waals surface area contributed by atoms with Crippen molar-refractivity contribution in [3.8, 4) is 0 Å². The Labute approximate surface area is 141 Å². The molecule has 1 aliphatic carbocycles. The summed E-state index contributed by atoms with van der Waals surface area (Å²) in [5.74, 6) is 0.0506. The summed E-state index contributed by atoms with van der Waals surface area (Å²) in [6.45, 7) is -0.0120. The van der Waals surface area contributed by atoms with Gasteiger partial charge in [0.15, 0.2) is 0 Å². The highest BCUT2D eigenvalue weighted by molar-refractivity contribution is 6.31. The normalized spacial score (nSPS) is 16.1. The third kappa shape index (κ3) is 5.84. The molecule has 1 unspecified atom stereocenters. The fourth-order valence-electron chi connectivity index (χ4n) is 2.86. The SMILES string of the molecule is O=C(CNC(=O)CC1CCCC1)NCC(O)c1ccccc1Cl. The summed E-state index contributed by atoms with van der Waals surface area (Å²) in [6.07, 6.45) is 4.21. The monoisotopic (exact) mass is 338 g/mol. The van der Waals surface area contributed by atoms with Crippen LogP contribution in [0.15, 0.2) is 24.3 Å². The molecule has 1 fully saturated rings. The van der Waals surface area contributed by atoms with Gasteiger partial charge in [-0.05, 0) is 24.8 Å². The third-order valence-corrected chi connectivity index (χ3v) is 4.50. The minimum atomic E-state index is -0.873.